The smallest absolute Gasteiger partial charge is 0.341 e. The first-order valence-electron chi connectivity index (χ1n) is 9.63. The number of anilines is 1. The molecule has 0 bridgehead atoms. The van der Waals surface area contributed by atoms with Crippen LogP contribution in [0.25, 0.3) is 6.08 Å². The van der Waals surface area contributed by atoms with Gasteiger partial charge in [0.25, 0.3) is 0 Å². The van der Waals surface area contributed by atoms with Gasteiger partial charge in [0.2, 0.25) is 5.95 Å². The van der Waals surface area contributed by atoms with Crippen LogP contribution in [0.2, 0.25) is 5.02 Å². The maximum Gasteiger partial charge on any atom is 0.341 e. The van der Waals surface area contributed by atoms with Crippen molar-refractivity contribution >= 4 is 29.6 Å². The summed E-state index contributed by atoms with van der Waals surface area (Å²) in [7, 11) is 0. The zero-order chi connectivity index (χ0) is 20.6. The lowest BCUT2D eigenvalue weighted by Crippen LogP contribution is -2.51. The van der Waals surface area contributed by atoms with Gasteiger partial charge in [-0.05, 0) is 24.6 Å². The van der Waals surface area contributed by atoms with Crippen LogP contribution >= 0.6 is 11.6 Å². The minimum absolute atomic E-state index is 0.0504. The van der Waals surface area contributed by atoms with Crippen LogP contribution in [0, 0.1) is 0 Å². The van der Waals surface area contributed by atoms with Crippen molar-refractivity contribution in [2.24, 2.45) is 0 Å². The molecule has 7 nitrogen and oxygen atoms in total. The Morgan fingerprint density at radius 3 is 2.45 bits per heavy atom. The molecule has 1 N–H and O–H groups in total. The quantitative estimate of drug-likeness (QED) is 0.694. The fraction of sp³-hybridized carbons (Fsp3) is 0.381. The lowest BCUT2D eigenvalue weighted by atomic mass is 10.1. The summed E-state index contributed by atoms with van der Waals surface area (Å²) < 4.78 is 4.95. The third kappa shape index (κ3) is 5.76. The van der Waals surface area contributed by atoms with E-state index in [-0.39, 0.29) is 12.6 Å². The van der Waals surface area contributed by atoms with E-state index in [1.165, 1.54) is 12.4 Å². The SMILES string of the molecule is CCOC(=O)c1cnc(N2CCN(C(/C=C/c3ccc(Cl)cc3)CO)CC2)nc1. The van der Waals surface area contributed by atoms with Crippen LogP contribution in [0.5, 0.6) is 0 Å². The number of esters is 1. The number of nitrogens with zero attached hydrogens (tertiary/aromatic N) is 4. The van der Waals surface area contributed by atoms with Gasteiger partial charge in [0.05, 0.1) is 24.8 Å². The minimum Gasteiger partial charge on any atom is -0.462 e. The number of halogens is 1. The molecule has 1 aliphatic heterocycles. The molecule has 1 aromatic carbocycles. The second-order valence-electron chi connectivity index (χ2n) is 6.68. The highest BCUT2D eigenvalue weighted by atomic mass is 35.5. The third-order valence-corrected chi connectivity index (χ3v) is 5.04. The van der Waals surface area contributed by atoms with E-state index >= 15 is 0 Å². The zero-order valence-corrected chi connectivity index (χ0v) is 17.1. The van der Waals surface area contributed by atoms with E-state index in [9.17, 15) is 9.90 Å². The Hall–Kier alpha value is -2.48. The van der Waals surface area contributed by atoms with Gasteiger partial charge in [-0.3, -0.25) is 4.90 Å². The molecule has 1 atom stereocenters. The summed E-state index contributed by atoms with van der Waals surface area (Å²) in [5.41, 5.74) is 1.39. The molecule has 1 fully saturated rings. The van der Waals surface area contributed by atoms with Crippen molar-refractivity contribution in [2.45, 2.75) is 13.0 Å². The zero-order valence-electron chi connectivity index (χ0n) is 16.4. The van der Waals surface area contributed by atoms with E-state index < -0.39 is 5.97 Å². The number of benzene rings is 1. The van der Waals surface area contributed by atoms with E-state index in [1.807, 2.05) is 36.4 Å². The van der Waals surface area contributed by atoms with Crippen LogP contribution < -0.4 is 4.90 Å². The standard InChI is InChI=1S/C21H25ClN4O3/c1-2-29-20(28)17-13-23-21(24-14-17)26-11-9-25(10-12-26)19(15-27)8-5-16-3-6-18(22)7-4-16/h3-8,13-14,19,27H,2,9-12,15H2,1H3/b8-5+. The fourth-order valence-electron chi connectivity index (χ4n) is 3.15. The Morgan fingerprint density at radius 1 is 1.21 bits per heavy atom. The lowest BCUT2D eigenvalue weighted by molar-refractivity contribution is 0.0525. The van der Waals surface area contributed by atoms with Crippen molar-refractivity contribution in [3.05, 3.63) is 58.9 Å². The number of carbonyl (C=O) groups excluding carboxylic acids is 1. The summed E-state index contributed by atoms with van der Waals surface area (Å²) in [5.74, 6) is 0.178. The first-order chi connectivity index (χ1) is 14.1. The average molecular weight is 417 g/mol. The van der Waals surface area contributed by atoms with E-state index in [2.05, 4.69) is 19.8 Å². The molecule has 1 unspecified atom stereocenters. The first-order valence-corrected chi connectivity index (χ1v) is 10.0. The first kappa shape index (κ1) is 21.2. The summed E-state index contributed by atoms with van der Waals surface area (Å²) in [6, 6.07) is 7.53. The maximum absolute atomic E-state index is 11.7. The van der Waals surface area contributed by atoms with Gasteiger partial charge >= 0.3 is 5.97 Å². The van der Waals surface area contributed by atoms with Crippen molar-refractivity contribution in [3.8, 4) is 0 Å². The monoisotopic (exact) mass is 416 g/mol. The van der Waals surface area contributed by atoms with E-state index in [0.717, 1.165) is 31.7 Å². The summed E-state index contributed by atoms with van der Waals surface area (Å²) in [6.45, 7) is 5.17. The van der Waals surface area contributed by atoms with Crippen molar-refractivity contribution in [1.29, 1.82) is 0 Å². The Labute approximate surface area is 175 Å². The molecule has 0 amide bonds. The van der Waals surface area contributed by atoms with Crippen LogP contribution in [0.4, 0.5) is 5.95 Å². The van der Waals surface area contributed by atoms with E-state index in [1.54, 1.807) is 6.92 Å². The van der Waals surface area contributed by atoms with Crippen molar-refractivity contribution in [2.75, 3.05) is 44.3 Å². The number of carbonyl (C=O) groups is 1. The molecule has 154 valence electrons. The van der Waals surface area contributed by atoms with Gasteiger partial charge in [0, 0.05) is 43.6 Å². The average Bonchev–Trinajstić information content (AvgIpc) is 2.76. The van der Waals surface area contributed by atoms with Gasteiger partial charge in [-0.1, -0.05) is 35.9 Å². The highest BCUT2D eigenvalue weighted by Crippen LogP contribution is 2.15. The van der Waals surface area contributed by atoms with Crippen LogP contribution in [0.15, 0.2) is 42.7 Å². The molecular formula is C21H25ClN4O3. The number of ether oxygens (including phenoxy) is 1. The number of aliphatic hydroxyl groups is 1. The largest absolute Gasteiger partial charge is 0.462 e. The summed E-state index contributed by atoms with van der Waals surface area (Å²) in [6.07, 6.45) is 7.01. The molecule has 2 aromatic rings. The molecule has 0 radical (unpaired) electrons. The Morgan fingerprint density at radius 2 is 1.86 bits per heavy atom. The van der Waals surface area contributed by atoms with Gasteiger partial charge in [-0.15, -0.1) is 0 Å². The number of aliphatic hydroxyl groups excluding tert-OH is 1. The highest BCUT2D eigenvalue weighted by molar-refractivity contribution is 6.30. The lowest BCUT2D eigenvalue weighted by Gasteiger charge is -2.37. The van der Waals surface area contributed by atoms with Gasteiger partial charge in [-0.25, -0.2) is 14.8 Å². The van der Waals surface area contributed by atoms with Gasteiger partial charge in [0.15, 0.2) is 0 Å². The third-order valence-electron chi connectivity index (χ3n) is 4.78. The minimum atomic E-state index is -0.415. The molecule has 0 aliphatic carbocycles. The van der Waals surface area contributed by atoms with Gasteiger partial charge in [0.1, 0.15) is 0 Å². The Bertz CT molecular complexity index is 819. The Kier molecular flexibility index (Phi) is 7.57. The number of hydrogen-bond acceptors (Lipinski definition) is 7. The predicted molar refractivity (Wildman–Crippen MR) is 113 cm³/mol. The molecular weight excluding hydrogens is 392 g/mol. The van der Waals surface area contributed by atoms with Crippen molar-refractivity contribution in [3.63, 3.8) is 0 Å². The molecule has 1 aromatic heterocycles. The van der Waals surface area contributed by atoms with E-state index in [4.69, 9.17) is 16.3 Å². The van der Waals surface area contributed by atoms with Crippen LogP contribution in [0.1, 0.15) is 22.8 Å². The number of rotatable bonds is 7. The second kappa shape index (κ2) is 10.3. The van der Waals surface area contributed by atoms with Gasteiger partial charge in [-0.2, -0.15) is 0 Å². The second-order valence-corrected chi connectivity index (χ2v) is 7.11. The van der Waals surface area contributed by atoms with Gasteiger partial charge < -0.3 is 14.7 Å². The fourth-order valence-corrected chi connectivity index (χ4v) is 3.28. The maximum atomic E-state index is 11.7. The van der Waals surface area contributed by atoms with Crippen molar-refractivity contribution < 1.29 is 14.6 Å². The predicted octanol–water partition coefficient (Wildman–Crippen LogP) is 2.50. The number of aromatic nitrogens is 2. The molecule has 2 heterocycles. The molecule has 29 heavy (non-hydrogen) atoms. The number of piperazine rings is 1. The Balaban J connectivity index is 1.56. The molecule has 8 heteroatoms. The normalized spacial score (nSPS) is 16.2. The molecule has 0 spiro atoms. The molecule has 3 rings (SSSR count). The highest BCUT2D eigenvalue weighted by Gasteiger charge is 2.23. The topological polar surface area (TPSA) is 78.8 Å². The summed E-state index contributed by atoms with van der Waals surface area (Å²) >= 11 is 5.92. The van der Waals surface area contributed by atoms with Crippen LogP contribution in [-0.4, -0.2) is 71.4 Å². The van der Waals surface area contributed by atoms with Crippen LogP contribution in [0.3, 0.4) is 0 Å². The van der Waals surface area contributed by atoms with E-state index in [0.29, 0.717) is 23.1 Å². The molecule has 1 saturated heterocycles. The van der Waals surface area contributed by atoms with Crippen molar-refractivity contribution in [1.82, 2.24) is 14.9 Å². The molecule has 0 saturated carbocycles. The molecule has 1 aliphatic rings. The van der Waals surface area contributed by atoms with Crippen LogP contribution in [-0.2, 0) is 4.74 Å². The summed E-state index contributed by atoms with van der Waals surface area (Å²) in [5, 5.41) is 10.5. The summed E-state index contributed by atoms with van der Waals surface area (Å²) in [4.78, 5) is 24.6. The number of hydrogen-bond donors (Lipinski definition) is 1.